The molecule has 4 nitrogen and oxygen atoms in total. The highest BCUT2D eigenvalue weighted by Gasteiger charge is 2.29. The molecule has 1 amide bonds. The van der Waals surface area contributed by atoms with Crippen molar-refractivity contribution >= 4 is 17.2 Å². The van der Waals surface area contributed by atoms with Crippen molar-refractivity contribution in [2.45, 2.75) is 44.8 Å². The summed E-state index contributed by atoms with van der Waals surface area (Å²) in [6.45, 7) is 2.38. The van der Waals surface area contributed by atoms with Gasteiger partial charge in [0.15, 0.2) is 0 Å². The molecule has 0 aromatic carbocycles. The highest BCUT2D eigenvalue weighted by molar-refractivity contribution is 7.14. The van der Waals surface area contributed by atoms with Gasteiger partial charge in [0, 0.05) is 30.5 Å². The highest BCUT2D eigenvalue weighted by atomic mass is 32.1. The van der Waals surface area contributed by atoms with Gasteiger partial charge in [-0.25, -0.2) is 0 Å². The Morgan fingerprint density at radius 2 is 2.40 bits per heavy atom. The molecule has 1 atom stereocenters. The number of nitrogens with zero attached hydrogens (tertiary/aromatic N) is 1. The van der Waals surface area contributed by atoms with E-state index in [4.69, 9.17) is 9.84 Å². The van der Waals surface area contributed by atoms with Crippen molar-refractivity contribution in [3.8, 4) is 0 Å². The van der Waals surface area contributed by atoms with Gasteiger partial charge in [-0.2, -0.15) is 0 Å². The molecule has 5 heteroatoms. The summed E-state index contributed by atoms with van der Waals surface area (Å²) in [5.74, 6) is 0.141. The van der Waals surface area contributed by atoms with Crippen LogP contribution in [0.5, 0.6) is 0 Å². The van der Waals surface area contributed by atoms with Gasteiger partial charge in [0.1, 0.15) is 0 Å². The fourth-order valence-electron chi connectivity index (χ4n) is 3.11. The first-order chi connectivity index (χ1) is 9.79. The number of carbonyl (C=O) groups is 1. The van der Waals surface area contributed by atoms with Crippen molar-refractivity contribution in [1.29, 1.82) is 0 Å². The molecule has 1 N–H and O–H groups in total. The Morgan fingerprint density at radius 1 is 1.50 bits per heavy atom. The minimum atomic E-state index is 0.141. The lowest BCUT2D eigenvalue weighted by atomic mass is 9.99. The quantitative estimate of drug-likeness (QED) is 0.930. The monoisotopic (exact) mass is 295 g/mol. The van der Waals surface area contributed by atoms with Gasteiger partial charge in [-0.1, -0.05) is 0 Å². The number of aliphatic hydroxyl groups excluding tert-OH is 1. The number of fused-ring (bicyclic) bond motifs is 1. The summed E-state index contributed by atoms with van der Waals surface area (Å²) in [6, 6.07) is 2.21. The number of likely N-dealkylation sites (tertiary alicyclic amines) is 1. The van der Waals surface area contributed by atoms with Crippen LogP contribution < -0.4 is 0 Å². The second-order valence-electron chi connectivity index (χ2n) is 5.52. The molecule has 0 aliphatic carbocycles. The average Bonchev–Trinajstić information content (AvgIpc) is 2.91. The lowest BCUT2D eigenvalue weighted by Crippen LogP contribution is -2.43. The molecule has 1 aromatic rings. The van der Waals surface area contributed by atoms with Gasteiger partial charge in [0.2, 0.25) is 0 Å². The second kappa shape index (κ2) is 6.24. The normalized spacial score (nSPS) is 22.6. The van der Waals surface area contributed by atoms with E-state index in [1.54, 1.807) is 11.3 Å². The number of ether oxygens (including phenoxy) is 1. The smallest absolute Gasteiger partial charge is 0.264 e. The molecule has 0 bridgehead atoms. The fourth-order valence-corrected chi connectivity index (χ4v) is 4.22. The number of amides is 1. The van der Waals surface area contributed by atoms with Crippen LogP contribution in [-0.2, 0) is 17.8 Å². The van der Waals surface area contributed by atoms with Crippen LogP contribution >= 0.6 is 11.3 Å². The molecule has 0 saturated carbocycles. The predicted molar refractivity (Wildman–Crippen MR) is 78.1 cm³/mol. The minimum absolute atomic E-state index is 0.141. The number of hydrogen-bond acceptors (Lipinski definition) is 4. The molecular weight excluding hydrogens is 274 g/mol. The molecule has 1 saturated heterocycles. The fraction of sp³-hybridized carbons (Fsp3) is 0.667. The maximum Gasteiger partial charge on any atom is 0.264 e. The molecule has 3 heterocycles. The Morgan fingerprint density at radius 3 is 3.20 bits per heavy atom. The van der Waals surface area contributed by atoms with E-state index in [0.717, 1.165) is 43.7 Å². The van der Waals surface area contributed by atoms with Crippen molar-refractivity contribution < 1.29 is 14.6 Å². The molecular formula is C15H21NO3S. The van der Waals surface area contributed by atoms with Gasteiger partial charge < -0.3 is 14.7 Å². The predicted octanol–water partition coefficient (Wildman–Crippen LogP) is 2.20. The van der Waals surface area contributed by atoms with Crippen molar-refractivity contribution in [3.63, 3.8) is 0 Å². The first kappa shape index (κ1) is 14.0. The van der Waals surface area contributed by atoms with Crippen LogP contribution in [0.3, 0.4) is 0 Å². The van der Waals surface area contributed by atoms with Crippen molar-refractivity contribution in [3.05, 3.63) is 21.4 Å². The first-order valence-corrected chi connectivity index (χ1v) is 8.22. The Kier molecular flexibility index (Phi) is 4.38. The van der Waals surface area contributed by atoms with E-state index in [2.05, 4.69) is 0 Å². The topological polar surface area (TPSA) is 49.8 Å². The van der Waals surface area contributed by atoms with Gasteiger partial charge in [-0.05, 0) is 37.3 Å². The van der Waals surface area contributed by atoms with E-state index in [1.165, 1.54) is 10.4 Å². The molecule has 3 rings (SSSR count). The molecule has 20 heavy (non-hydrogen) atoms. The van der Waals surface area contributed by atoms with E-state index in [0.29, 0.717) is 13.0 Å². The van der Waals surface area contributed by atoms with Gasteiger partial charge in [-0.15, -0.1) is 11.3 Å². The van der Waals surface area contributed by atoms with Gasteiger partial charge in [0.05, 0.1) is 18.1 Å². The number of hydrogen-bond donors (Lipinski definition) is 1. The van der Waals surface area contributed by atoms with Crippen molar-refractivity contribution in [2.75, 3.05) is 19.8 Å². The summed E-state index contributed by atoms with van der Waals surface area (Å²) in [7, 11) is 0. The van der Waals surface area contributed by atoms with Crippen LogP contribution in [0.15, 0.2) is 6.07 Å². The number of piperidine rings is 1. The molecule has 1 aromatic heterocycles. The molecule has 1 unspecified atom stereocenters. The number of thiophene rings is 1. The largest absolute Gasteiger partial charge is 0.396 e. The summed E-state index contributed by atoms with van der Waals surface area (Å²) >= 11 is 1.62. The third-order valence-electron chi connectivity index (χ3n) is 4.19. The van der Waals surface area contributed by atoms with Crippen molar-refractivity contribution in [2.24, 2.45) is 0 Å². The molecule has 0 radical (unpaired) electrons. The van der Waals surface area contributed by atoms with Crippen LogP contribution in [0.25, 0.3) is 0 Å². The minimum Gasteiger partial charge on any atom is -0.396 e. The molecule has 2 aliphatic heterocycles. The van der Waals surface area contributed by atoms with Gasteiger partial charge in [0.25, 0.3) is 5.91 Å². The summed E-state index contributed by atoms with van der Waals surface area (Å²) in [5.41, 5.74) is 1.18. The lowest BCUT2D eigenvalue weighted by molar-refractivity contribution is 0.0579. The standard InChI is InChI=1S/C15H21NO3S/c17-7-4-12-3-1-2-6-16(12)15(18)14-9-11-10-19-8-5-13(11)20-14/h9,12,17H,1-8,10H2. The van der Waals surface area contributed by atoms with Crippen LogP contribution in [0.1, 0.15) is 45.8 Å². The lowest BCUT2D eigenvalue weighted by Gasteiger charge is -2.35. The van der Waals surface area contributed by atoms with E-state index < -0.39 is 0 Å². The number of rotatable bonds is 3. The van der Waals surface area contributed by atoms with Crippen molar-refractivity contribution in [1.82, 2.24) is 4.90 Å². The zero-order valence-electron chi connectivity index (χ0n) is 11.6. The molecule has 0 spiro atoms. The molecule has 1 fully saturated rings. The summed E-state index contributed by atoms with van der Waals surface area (Å²) in [4.78, 5) is 16.8. The zero-order valence-corrected chi connectivity index (χ0v) is 12.5. The number of aliphatic hydroxyl groups is 1. The SMILES string of the molecule is O=C(c1cc2c(s1)CCOC2)N1CCCCC1CCO. The van der Waals surface area contributed by atoms with E-state index >= 15 is 0 Å². The molecule has 2 aliphatic rings. The average molecular weight is 295 g/mol. The van der Waals surface area contributed by atoms with Crippen LogP contribution in [0, 0.1) is 0 Å². The summed E-state index contributed by atoms with van der Waals surface area (Å²) < 4.78 is 5.44. The summed E-state index contributed by atoms with van der Waals surface area (Å²) in [5, 5.41) is 9.17. The third-order valence-corrected chi connectivity index (χ3v) is 5.41. The van der Waals surface area contributed by atoms with Crippen LogP contribution in [-0.4, -0.2) is 41.7 Å². The maximum absolute atomic E-state index is 12.7. The third kappa shape index (κ3) is 2.75. The van der Waals surface area contributed by atoms with Crippen LogP contribution in [0.2, 0.25) is 0 Å². The zero-order chi connectivity index (χ0) is 13.9. The Labute approximate surface area is 123 Å². The van der Waals surface area contributed by atoms with Gasteiger partial charge >= 0.3 is 0 Å². The highest BCUT2D eigenvalue weighted by Crippen LogP contribution is 2.30. The Bertz CT molecular complexity index is 460. The second-order valence-corrected chi connectivity index (χ2v) is 6.66. The first-order valence-electron chi connectivity index (χ1n) is 7.40. The molecule has 110 valence electrons. The number of carbonyl (C=O) groups excluding carboxylic acids is 1. The van der Waals surface area contributed by atoms with Gasteiger partial charge in [-0.3, -0.25) is 4.79 Å². The van der Waals surface area contributed by atoms with E-state index in [9.17, 15) is 4.79 Å². The van der Waals surface area contributed by atoms with Crippen LogP contribution in [0.4, 0.5) is 0 Å². The van der Waals surface area contributed by atoms with E-state index in [1.807, 2.05) is 11.0 Å². The summed E-state index contributed by atoms with van der Waals surface area (Å²) in [6.07, 6.45) is 4.86. The van der Waals surface area contributed by atoms with E-state index in [-0.39, 0.29) is 18.6 Å². The Hall–Kier alpha value is -0.910. The Balaban J connectivity index is 1.78. The maximum atomic E-state index is 12.7.